The van der Waals surface area contributed by atoms with Crippen molar-refractivity contribution in [2.75, 3.05) is 6.54 Å². The van der Waals surface area contributed by atoms with Gasteiger partial charge in [-0.15, -0.1) is 0 Å². The molecule has 3 N–H and O–H groups in total. The highest BCUT2D eigenvalue weighted by atomic mass is 16.6. The number of phenolic OH excluding ortho intramolecular Hbond substituents is 1. The number of nitrogens with one attached hydrogen (secondary N) is 2. The van der Waals surface area contributed by atoms with Crippen LogP contribution in [0.15, 0.2) is 24.3 Å². The first-order chi connectivity index (χ1) is 19.0. The van der Waals surface area contributed by atoms with Crippen LogP contribution in [-0.4, -0.2) is 52.1 Å². The first-order valence-electron chi connectivity index (χ1n) is 15.4. The molecule has 1 aliphatic rings. The average Bonchev–Trinajstić information content (AvgIpc) is 2.90. The number of amides is 3. The minimum Gasteiger partial charge on any atom is -0.508 e. The first-order valence-corrected chi connectivity index (χ1v) is 15.4. The Kier molecular flexibility index (Phi) is 13.8. The fraction of sp³-hybridized carbons (Fsp3) is 0.719. The predicted octanol–water partition coefficient (Wildman–Crippen LogP) is 6.62. The van der Waals surface area contributed by atoms with E-state index in [9.17, 15) is 19.5 Å². The van der Waals surface area contributed by atoms with Gasteiger partial charge in [-0.3, -0.25) is 9.59 Å². The number of rotatable bonds is 14. The van der Waals surface area contributed by atoms with Crippen LogP contribution in [0.4, 0.5) is 4.79 Å². The van der Waals surface area contributed by atoms with Crippen LogP contribution in [-0.2, 0) is 14.3 Å². The van der Waals surface area contributed by atoms with E-state index in [-0.39, 0.29) is 29.5 Å². The van der Waals surface area contributed by atoms with Gasteiger partial charge in [0.15, 0.2) is 0 Å². The Morgan fingerprint density at radius 3 is 2.27 bits per heavy atom. The van der Waals surface area contributed by atoms with Gasteiger partial charge >= 0.3 is 6.09 Å². The molecule has 0 radical (unpaired) electrons. The summed E-state index contributed by atoms with van der Waals surface area (Å²) in [5, 5.41) is 16.9. The van der Waals surface area contributed by atoms with Crippen molar-refractivity contribution < 1.29 is 24.2 Å². The highest BCUT2D eigenvalue weighted by Gasteiger charge is 2.39. The molecule has 3 atom stereocenters. The highest BCUT2D eigenvalue weighted by molar-refractivity contribution is 5.92. The number of alkyl carbamates (subject to hydrolysis) is 1. The summed E-state index contributed by atoms with van der Waals surface area (Å²) in [7, 11) is 0. The second-order valence-corrected chi connectivity index (χ2v) is 12.3. The Balaban J connectivity index is 2.48. The molecule has 8 heteroatoms. The molecule has 0 saturated heterocycles. The number of ether oxygens (including phenoxy) is 1. The van der Waals surface area contributed by atoms with Crippen LogP contribution in [0.5, 0.6) is 5.75 Å². The van der Waals surface area contributed by atoms with Crippen LogP contribution in [0.2, 0.25) is 0 Å². The molecule has 0 heterocycles. The van der Waals surface area contributed by atoms with E-state index in [4.69, 9.17) is 4.74 Å². The Hall–Kier alpha value is -2.77. The van der Waals surface area contributed by atoms with Crippen LogP contribution in [0.3, 0.4) is 0 Å². The van der Waals surface area contributed by atoms with Crippen molar-refractivity contribution in [3.8, 4) is 5.75 Å². The van der Waals surface area contributed by atoms with Crippen LogP contribution in [0.1, 0.15) is 124 Å². The van der Waals surface area contributed by atoms with E-state index in [1.807, 2.05) is 13.8 Å². The molecule has 226 valence electrons. The van der Waals surface area contributed by atoms with E-state index in [0.29, 0.717) is 24.9 Å². The zero-order valence-electron chi connectivity index (χ0n) is 25.6. The normalized spacial score (nSPS) is 16.4. The first kappa shape index (κ1) is 33.4. The van der Waals surface area contributed by atoms with E-state index in [1.54, 1.807) is 49.9 Å². The number of hydrogen-bond donors (Lipinski definition) is 3. The summed E-state index contributed by atoms with van der Waals surface area (Å²) >= 11 is 0. The third kappa shape index (κ3) is 10.7. The molecule has 40 heavy (non-hydrogen) atoms. The number of unbranched alkanes of at least 4 members (excludes halogenated alkanes) is 4. The van der Waals surface area contributed by atoms with Gasteiger partial charge in [-0.25, -0.2) is 4.79 Å². The molecule has 1 aromatic rings. The Morgan fingerprint density at radius 2 is 1.68 bits per heavy atom. The zero-order chi connectivity index (χ0) is 29.7. The van der Waals surface area contributed by atoms with Gasteiger partial charge < -0.3 is 25.4 Å². The van der Waals surface area contributed by atoms with E-state index in [1.165, 1.54) is 0 Å². The summed E-state index contributed by atoms with van der Waals surface area (Å²) < 4.78 is 5.49. The molecular weight excluding hydrogens is 506 g/mol. The van der Waals surface area contributed by atoms with Gasteiger partial charge in [0, 0.05) is 18.2 Å². The smallest absolute Gasteiger partial charge is 0.408 e. The average molecular weight is 560 g/mol. The fourth-order valence-corrected chi connectivity index (χ4v) is 5.24. The number of hydrogen-bond acceptors (Lipinski definition) is 5. The van der Waals surface area contributed by atoms with Crippen molar-refractivity contribution in [1.29, 1.82) is 0 Å². The van der Waals surface area contributed by atoms with Crippen LogP contribution in [0, 0.1) is 5.92 Å². The Bertz CT molecular complexity index is 939. The quantitative estimate of drug-likeness (QED) is 0.222. The van der Waals surface area contributed by atoms with E-state index in [2.05, 4.69) is 17.6 Å². The summed E-state index contributed by atoms with van der Waals surface area (Å²) in [5.41, 5.74) is -0.331. The van der Waals surface area contributed by atoms with Gasteiger partial charge in [-0.1, -0.05) is 90.3 Å². The summed E-state index contributed by atoms with van der Waals surface area (Å²) in [5.74, 6) is -0.873. The molecule has 3 amide bonds. The number of carbonyl (C=O) groups excluding carboxylic acids is 3. The minimum absolute atomic E-state index is 0.0322. The second kappa shape index (κ2) is 16.5. The summed E-state index contributed by atoms with van der Waals surface area (Å²) in [6.07, 6.45) is 9.94. The molecule has 3 unspecified atom stereocenters. The lowest BCUT2D eigenvalue weighted by Crippen LogP contribution is -2.56. The monoisotopic (exact) mass is 559 g/mol. The maximum Gasteiger partial charge on any atom is 0.408 e. The summed E-state index contributed by atoms with van der Waals surface area (Å²) in [6, 6.07) is 4.87. The number of nitrogens with zero attached hydrogens (tertiary/aromatic N) is 1. The highest BCUT2D eigenvalue weighted by Crippen LogP contribution is 2.32. The maximum atomic E-state index is 14.4. The van der Waals surface area contributed by atoms with E-state index in [0.717, 1.165) is 57.8 Å². The second-order valence-electron chi connectivity index (χ2n) is 12.3. The van der Waals surface area contributed by atoms with Crippen molar-refractivity contribution in [1.82, 2.24) is 15.5 Å². The molecule has 2 rings (SSSR count). The topological polar surface area (TPSA) is 108 Å². The molecule has 0 aromatic heterocycles. The lowest BCUT2D eigenvalue weighted by Gasteiger charge is -2.37. The third-order valence-electron chi connectivity index (χ3n) is 7.68. The van der Waals surface area contributed by atoms with Gasteiger partial charge in [-0.05, 0) is 52.0 Å². The number of aromatic hydroxyl groups is 1. The largest absolute Gasteiger partial charge is 0.508 e. The lowest BCUT2D eigenvalue weighted by atomic mass is 9.93. The van der Waals surface area contributed by atoms with Crippen molar-refractivity contribution in [3.63, 3.8) is 0 Å². The Labute approximate surface area is 241 Å². The predicted molar refractivity (Wildman–Crippen MR) is 159 cm³/mol. The van der Waals surface area contributed by atoms with Crippen LogP contribution < -0.4 is 10.6 Å². The molecular formula is C32H53N3O5. The molecule has 1 aromatic carbocycles. The number of benzene rings is 1. The molecule has 0 aliphatic heterocycles. The van der Waals surface area contributed by atoms with Gasteiger partial charge in [0.05, 0.1) is 0 Å². The van der Waals surface area contributed by atoms with Gasteiger partial charge in [0.2, 0.25) is 11.8 Å². The fourth-order valence-electron chi connectivity index (χ4n) is 5.24. The standard InChI is InChI=1S/C32H53N3O5/c1-7-9-10-11-17-22-35(30(38)27(23(3)8-2)34-31(39)40-32(4,5)6)28(25-20-15-16-21-26(25)36)29(37)33-24-18-13-12-14-19-24/h15-16,20-21,23-24,27-28,36H,7-14,17-19,22H2,1-6H3,(H,33,37)(H,34,39). The van der Waals surface area contributed by atoms with E-state index >= 15 is 0 Å². The molecule has 1 saturated carbocycles. The van der Waals surface area contributed by atoms with Crippen molar-refractivity contribution in [2.24, 2.45) is 5.92 Å². The van der Waals surface area contributed by atoms with Gasteiger partial charge in [0.25, 0.3) is 0 Å². The van der Waals surface area contributed by atoms with E-state index < -0.39 is 23.8 Å². The molecule has 8 nitrogen and oxygen atoms in total. The van der Waals surface area contributed by atoms with Gasteiger partial charge in [-0.2, -0.15) is 0 Å². The SMILES string of the molecule is CCCCCCCN(C(=O)C(NC(=O)OC(C)(C)C)C(C)CC)C(C(=O)NC1CCCCC1)c1ccccc1O. The molecule has 1 fully saturated rings. The maximum absolute atomic E-state index is 14.4. The van der Waals surface area contributed by atoms with Crippen molar-refractivity contribution >= 4 is 17.9 Å². The molecule has 1 aliphatic carbocycles. The van der Waals surface area contributed by atoms with Crippen LogP contribution >= 0.6 is 0 Å². The number of phenols is 1. The zero-order valence-corrected chi connectivity index (χ0v) is 25.6. The summed E-state index contributed by atoms with van der Waals surface area (Å²) in [6.45, 7) is 11.7. The molecule has 0 spiro atoms. The molecule has 0 bridgehead atoms. The summed E-state index contributed by atoms with van der Waals surface area (Å²) in [4.78, 5) is 42.8. The third-order valence-corrected chi connectivity index (χ3v) is 7.68. The van der Waals surface area contributed by atoms with Crippen molar-refractivity contribution in [3.05, 3.63) is 29.8 Å². The minimum atomic E-state index is -1.02. The van der Waals surface area contributed by atoms with Gasteiger partial charge in [0.1, 0.15) is 23.4 Å². The van der Waals surface area contributed by atoms with Crippen LogP contribution in [0.25, 0.3) is 0 Å². The Morgan fingerprint density at radius 1 is 1.02 bits per heavy atom. The number of carbonyl (C=O) groups is 3. The number of para-hydroxylation sites is 1. The van der Waals surface area contributed by atoms with Crippen molar-refractivity contribution in [2.45, 2.75) is 136 Å². The lowest BCUT2D eigenvalue weighted by molar-refractivity contribution is -0.144.